The maximum Gasteiger partial charge on any atom is 0.309 e. The Kier molecular flexibility index (Phi) is 4.64. The number of ether oxygens (including phenoxy) is 2. The molecule has 1 rings (SSSR count). The van der Waals surface area contributed by atoms with Gasteiger partial charge in [-0.3, -0.25) is 4.79 Å². The molecule has 88 valence electrons. The third kappa shape index (κ3) is 4.21. The van der Waals surface area contributed by atoms with Gasteiger partial charge in [0.1, 0.15) is 11.9 Å². The first-order valence-electron chi connectivity index (χ1n) is 5.29. The van der Waals surface area contributed by atoms with E-state index >= 15 is 0 Å². The Bertz CT molecular complexity index is 352. The van der Waals surface area contributed by atoms with Crippen molar-refractivity contribution in [2.45, 2.75) is 26.4 Å². The van der Waals surface area contributed by atoms with Crippen molar-refractivity contribution in [3.63, 3.8) is 0 Å². The van der Waals surface area contributed by atoms with Gasteiger partial charge in [0.15, 0.2) is 0 Å². The van der Waals surface area contributed by atoms with Gasteiger partial charge in [0.25, 0.3) is 0 Å². The molecule has 0 saturated carbocycles. The molecule has 1 atom stereocenters. The summed E-state index contributed by atoms with van der Waals surface area (Å²) in [5.41, 5.74) is 6.25. The lowest BCUT2D eigenvalue weighted by atomic mass is 10.2. The maximum atomic E-state index is 11.2. The molecule has 0 fully saturated rings. The molecule has 0 amide bonds. The second kappa shape index (κ2) is 6.00. The average Bonchev–Trinajstić information content (AvgIpc) is 2.17. The second-order valence-corrected chi connectivity index (χ2v) is 3.51. The van der Waals surface area contributed by atoms with Gasteiger partial charge < -0.3 is 15.2 Å². The predicted octanol–water partition coefficient (Wildman–Crippen LogP) is 1.99. The third-order valence-corrected chi connectivity index (χ3v) is 1.95. The van der Waals surface area contributed by atoms with Crippen LogP contribution in [0, 0.1) is 0 Å². The first-order chi connectivity index (χ1) is 7.61. The standard InChI is InChI=1S/C12H17NO3/c1-3-15-12(14)7-9(2)16-11-6-4-5-10(13)8-11/h4-6,8-9H,3,7,13H2,1-2H3. The lowest BCUT2D eigenvalue weighted by Crippen LogP contribution is -2.18. The summed E-state index contributed by atoms with van der Waals surface area (Å²) in [5.74, 6) is 0.413. The summed E-state index contributed by atoms with van der Waals surface area (Å²) in [6.07, 6.45) is 0.0173. The summed E-state index contributed by atoms with van der Waals surface area (Å²) in [6, 6.07) is 7.12. The van der Waals surface area contributed by atoms with Crippen molar-refractivity contribution in [2.75, 3.05) is 12.3 Å². The Morgan fingerprint density at radius 1 is 1.50 bits per heavy atom. The molecule has 0 bridgehead atoms. The fourth-order valence-corrected chi connectivity index (χ4v) is 1.32. The van der Waals surface area contributed by atoms with E-state index in [1.165, 1.54) is 0 Å². The quantitative estimate of drug-likeness (QED) is 0.612. The molecule has 2 N–H and O–H groups in total. The van der Waals surface area contributed by atoms with Crippen LogP contribution in [-0.4, -0.2) is 18.7 Å². The molecule has 4 heteroatoms. The molecular formula is C12H17NO3. The SMILES string of the molecule is CCOC(=O)CC(C)Oc1cccc(N)c1. The largest absolute Gasteiger partial charge is 0.490 e. The number of hydrogen-bond acceptors (Lipinski definition) is 4. The van der Waals surface area contributed by atoms with E-state index in [1.54, 1.807) is 25.1 Å². The van der Waals surface area contributed by atoms with E-state index in [9.17, 15) is 4.79 Å². The first kappa shape index (κ1) is 12.4. The molecule has 0 spiro atoms. The zero-order valence-corrected chi connectivity index (χ0v) is 9.60. The number of benzene rings is 1. The molecule has 1 aromatic rings. The van der Waals surface area contributed by atoms with Crippen molar-refractivity contribution in [3.05, 3.63) is 24.3 Å². The monoisotopic (exact) mass is 223 g/mol. The summed E-state index contributed by atoms with van der Waals surface area (Å²) in [4.78, 5) is 11.2. The topological polar surface area (TPSA) is 61.5 Å². The average molecular weight is 223 g/mol. The van der Waals surface area contributed by atoms with Gasteiger partial charge in [-0.15, -0.1) is 0 Å². The van der Waals surface area contributed by atoms with E-state index in [2.05, 4.69) is 0 Å². The molecule has 1 aromatic carbocycles. The Hall–Kier alpha value is -1.71. The van der Waals surface area contributed by atoms with E-state index in [4.69, 9.17) is 15.2 Å². The highest BCUT2D eigenvalue weighted by Gasteiger charge is 2.11. The van der Waals surface area contributed by atoms with Gasteiger partial charge in [-0.1, -0.05) is 6.07 Å². The van der Waals surface area contributed by atoms with Crippen molar-refractivity contribution < 1.29 is 14.3 Å². The summed E-state index contributed by atoms with van der Waals surface area (Å²) in [6.45, 7) is 3.99. The second-order valence-electron chi connectivity index (χ2n) is 3.51. The minimum Gasteiger partial charge on any atom is -0.490 e. The predicted molar refractivity (Wildman–Crippen MR) is 62.2 cm³/mol. The molecule has 1 unspecified atom stereocenters. The van der Waals surface area contributed by atoms with Crippen LogP contribution in [0.25, 0.3) is 0 Å². The fourth-order valence-electron chi connectivity index (χ4n) is 1.32. The number of hydrogen-bond donors (Lipinski definition) is 1. The number of anilines is 1. The summed E-state index contributed by atoms with van der Waals surface area (Å²) in [7, 11) is 0. The van der Waals surface area contributed by atoms with Crippen LogP contribution in [0.15, 0.2) is 24.3 Å². The first-order valence-corrected chi connectivity index (χ1v) is 5.29. The van der Waals surface area contributed by atoms with Gasteiger partial charge in [0, 0.05) is 11.8 Å². The Morgan fingerprint density at radius 2 is 2.25 bits per heavy atom. The van der Waals surface area contributed by atoms with Gasteiger partial charge in [-0.2, -0.15) is 0 Å². The normalized spacial score (nSPS) is 11.9. The van der Waals surface area contributed by atoms with E-state index < -0.39 is 0 Å². The van der Waals surface area contributed by atoms with Crippen LogP contribution < -0.4 is 10.5 Å². The van der Waals surface area contributed by atoms with Gasteiger partial charge in [0.2, 0.25) is 0 Å². The van der Waals surface area contributed by atoms with Crippen molar-refractivity contribution in [3.8, 4) is 5.75 Å². The van der Waals surface area contributed by atoms with E-state index in [0.717, 1.165) is 0 Å². The summed E-state index contributed by atoms with van der Waals surface area (Å²) < 4.78 is 10.4. The van der Waals surface area contributed by atoms with Crippen molar-refractivity contribution >= 4 is 11.7 Å². The molecule has 16 heavy (non-hydrogen) atoms. The van der Waals surface area contributed by atoms with Crippen molar-refractivity contribution in [1.82, 2.24) is 0 Å². The number of rotatable bonds is 5. The van der Waals surface area contributed by atoms with E-state index in [0.29, 0.717) is 18.0 Å². The molecule has 0 aromatic heterocycles. The molecule has 0 saturated heterocycles. The van der Waals surface area contributed by atoms with Crippen LogP contribution in [0.5, 0.6) is 5.75 Å². The van der Waals surface area contributed by atoms with Crippen LogP contribution >= 0.6 is 0 Å². The van der Waals surface area contributed by atoms with Gasteiger partial charge >= 0.3 is 5.97 Å². The fraction of sp³-hybridized carbons (Fsp3) is 0.417. The van der Waals surface area contributed by atoms with E-state index in [1.807, 2.05) is 13.0 Å². The van der Waals surface area contributed by atoms with E-state index in [-0.39, 0.29) is 18.5 Å². The van der Waals surface area contributed by atoms with Gasteiger partial charge in [-0.05, 0) is 26.0 Å². The van der Waals surface area contributed by atoms with Gasteiger partial charge in [-0.25, -0.2) is 0 Å². The molecule has 0 heterocycles. The number of carbonyl (C=O) groups is 1. The number of carbonyl (C=O) groups excluding carboxylic acids is 1. The summed E-state index contributed by atoms with van der Waals surface area (Å²) >= 11 is 0. The Labute approximate surface area is 95.3 Å². The highest BCUT2D eigenvalue weighted by Crippen LogP contribution is 2.16. The highest BCUT2D eigenvalue weighted by atomic mass is 16.5. The van der Waals surface area contributed by atoms with Crippen LogP contribution in [0.4, 0.5) is 5.69 Å². The Morgan fingerprint density at radius 3 is 2.88 bits per heavy atom. The third-order valence-electron chi connectivity index (χ3n) is 1.95. The molecular weight excluding hydrogens is 206 g/mol. The minimum absolute atomic E-state index is 0.221. The number of nitrogen functional groups attached to an aromatic ring is 1. The lowest BCUT2D eigenvalue weighted by Gasteiger charge is -2.14. The number of nitrogens with two attached hydrogens (primary N) is 1. The lowest BCUT2D eigenvalue weighted by molar-refractivity contribution is -0.144. The van der Waals surface area contributed by atoms with Crippen LogP contribution in [0.1, 0.15) is 20.3 Å². The molecule has 4 nitrogen and oxygen atoms in total. The highest BCUT2D eigenvalue weighted by molar-refractivity contribution is 5.69. The molecule has 0 aliphatic carbocycles. The van der Waals surface area contributed by atoms with Crippen LogP contribution in [0.2, 0.25) is 0 Å². The Balaban J connectivity index is 2.45. The maximum absolute atomic E-state index is 11.2. The van der Waals surface area contributed by atoms with Crippen molar-refractivity contribution in [1.29, 1.82) is 0 Å². The van der Waals surface area contributed by atoms with Crippen LogP contribution in [0.3, 0.4) is 0 Å². The minimum atomic E-state index is -0.251. The number of esters is 1. The molecule has 0 aliphatic heterocycles. The smallest absolute Gasteiger partial charge is 0.309 e. The zero-order chi connectivity index (χ0) is 12.0. The van der Waals surface area contributed by atoms with Gasteiger partial charge in [0.05, 0.1) is 13.0 Å². The van der Waals surface area contributed by atoms with Crippen molar-refractivity contribution in [2.24, 2.45) is 0 Å². The molecule has 0 radical (unpaired) electrons. The van der Waals surface area contributed by atoms with Crippen LogP contribution in [-0.2, 0) is 9.53 Å². The zero-order valence-electron chi connectivity index (χ0n) is 9.60. The molecule has 0 aliphatic rings. The summed E-state index contributed by atoms with van der Waals surface area (Å²) in [5, 5.41) is 0.